The Morgan fingerprint density at radius 2 is 2.00 bits per heavy atom. The molecular weight excluding hydrogens is 267 g/mol. The third kappa shape index (κ3) is 4.04. The van der Waals surface area contributed by atoms with E-state index in [1.807, 2.05) is 11.8 Å². The smallest absolute Gasteiger partial charge is 0.223 e. The third-order valence-corrected chi connectivity index (χ3v) is 4.29. The molecule has 1 aromatic carbocycles. The van der Waals surface area contributed by atoms with Crippen LogP contribution in [0.4, 0.5) is 4.39 Å². The molecule has 1 heterocycles. The lowest BCUT2D eigenvalue weighted by Gasteiger charge is -2.30. The van der Waals surface area contributed by atoms with Crippen LogP contribution in [0.1, 0.15) is 44.1 Å². The lowest BCUT2D eigenvalue weighted by Crippen LogP contribution is -2.38. The highest BCUT2D eigenvalue weighted by Crippen LogP contribution is 2.26. The fraction of sp³-hybridized carbons (Fsp3) is 0.529. The van der Waals surface area contributed by atoms with Gasteiger partial charge in [-0.2, -0.15) is 5.26 Å². The van der Waals surface area contributed by atoms with Gasteiger partial charge in [-0.3, -0.25) is 4.79 Å². The van der Waals surface area contributed by atoms with Crippen molar-refractivity contribution in [2.45, 2.75) is 38.5 Å². The summed E-state index contributed by atoms with van der Waals surface area (Å²) in [7, 11) is 0. The first-order chi connectivity index (χ1) is 10.1. The predicted molar refractivity (Wildman–Crippen MR) is 79.0 cm³/mol. The Kier molecular flexibility index (Phi) is 5.32. The summed E-state index contributed by atoms with van der Waals surface area (Å²) in [5.74, 6) is 0.112. The van der Waals surface area contributed by atoms with Gasteiger partial charge in [0.25, 0.3) is 0 Å². The second-order valence-electron chi connectivity index (χ2n) is 5.65. The minimum Gasteiger partial charge on any atom is -0.343 e. The summed E-state index contributed by atoms with van der Waals surface area (Å²) in [6.07, 6.45) is 2.86. The molecule has 1 saturated heterocycles. The molecule has 1 aliphatic rings. The maximum Gasteiger partial charge on any atom is 0.223 e. The zero-order chi connectivity index (χ0) is 15.2. The number of nitrogens with zero attached hydrogens (tertiary/aromatic N) is 2. The van der Waals surface area contributed by atoms with Gasteiger partial charge in [-0.25, -0.2) is 4.39 Å². The van der Waals surface area contributed by atoms with Crippen molar-refractivity contribution in [3.8, 4) is 6.07 Å². The highest BCUT2D eigenvalue weighted by atomic mass is 19.1. The fourth-order valence-corrected chi connectivity index (χ4v) is 2.83. The number of amides is 1. The van der Waals surface area contributed by atoms with Crippen molar-refractivity contribution < 1.29 is 9.18 Å². The molecule has 21 heavy (non-hydrogen) atoms. The quantitative estimate of drug-likeness (QED) is 0.851. The zero-order valence-corrected chi connectivity index (χ0v) is 12.4. The van der Waals surface area contributed by atoms with Crippen LogP contribution in [0, 0.1) is 23.1 Å². The minimum atomic E-state index is -0.251. The first-order valence-electron chi connectivity index (χ1n) is 7.57. The van der Waals surface area contributed by atoms with E-state index in [2.05, 4.69) is 6.07 Å². The van der Waals surface area contributed by atoms with E-state index < -0.39 is 0 Å². The highest BCUT2D eigenvalue weighted by Gasteiger charge is 2.24. The van der Waals surface area contributed by atoms with E-state index in [0.717, 1.165) is 24.8 Å². The van der Waals surface area contributed by atoms with E-state index in [-0.39, 0.29) is 23.6 Å². The molecule has 1 unspecified atom stereocenters. The summed E-state index contributed by atoms with van der Waals surface area (Å²) >= 11 is 0. The van der Waals surface area contributed by atoms with Gasteiger partial charge in [0.15, 0.2) is 0 Å². The Bertz CT molecular complexity index is 513. The number of hydrogen-bond acceptors (Lipinski definition) is 2. The van der Waals surface area contributed by atoms with Gasteiger partial charge in [0, 0.05) is 25.4 Å². The monoisotopic (exact) mass is 288 g/mol. The summed E-state index contributed by atoms with van der Waals surface area (Å²) in [5, 5.41) is 8.89. The van der Waals surface area contributed by atoms with Crippen LogP contribution < -0.4 is 0 Å². The van der Waals surface area contributed by atoms with Gasteiger partial charge >= 0.3 is 0 Å². The average Bonchev–Trinajstić information content (AvgIpc) is 2.53. The van der Waals surface area contributed by atoms with Crippen LogP contribution in [-0.4, -0.2) is 23.9 Å². The second-order valence-corrected chi connectivity index (χ2v) is 5.65. The van der Waals surface area contributed by atoms with Crippen molar-refractivity contribution in [2.24, 2.45) is 5.92 Å². The highest BCUT2D eigenvalue weighted by molar-refractivity contribution is 5.77. The van der Waals surface area contributed by atoms with Crippen LogP contribution in [0.3, 0.4) is 0 Å². The van der Waals surface area contributed by atoms with Gasteiger partial charge < -0.3 is 4.90 Å². The zero-order valence-electron chi connectivity index (χ0n) is 12.4. The molecule has 1 amide bonds. The van der Waals surface area contributed by atoms with Crippen LogP contribution >= 0.6 is 0 Å². The van der Waals surface area contributed by atoms with Crippen molar-refractivity contribution in [2.75, 3.05) is 13.1 Å². The van der Waals surface area contributed by atoms with Gasteiger partial charge in [-0.1, -0.05) is 19.1 Å². The fourth-order valence-electron chi connectivity index (χ4n) is 2.83. The lowest BCUT2D eigenvalue weighted by atomic mass is 9.91. The molecule has 1 atom stereocenters. The topological polar surface area (TPSA) is 44.1 Å². The summed E-state index contributed by atoms with van der Waals surface area (Å²) < 4.78 is 13.0. The molecule has 1 fully saturated rings. The van der Waals surface area contributed by atoms with Gasteiger partial charge in [-0.05, 0) is 42.9 Å². The first-order valence-corrected chi connectivity index (χ1v) is 7.57. The Morgan fingerprint density at radius 1 is 1.38 bits per heavy atom. The van der Waals surface area contributed by atoms with E-state index in [0.29, 0.717) is 19.5 Å². The molecule has 0 aromatic heterocycles. The van der Waals surface area contributed by atoms with Crippen LogP contribution in [0.25, 0.3) is 0 Å². The first kappa shape index (κ1) is 15.5. The number of rotatable bonds is 4. The molecular formula is C17H21FN2O. The summed E-state index contributed by atoms with van der Waals surface area (Å²) in [6, 6.07) is 8.69. The van der Waals surface area contributed by atoms with Crippen molar-refractivity contribution >= 4 is 5.91 Å². The number of likely N-dealkylation sites (tertiary alicyclic amines) is 1. The van der Waals surface area contributed by atoms with Crippen LogP contribution in [0.2, 0.25) is 0 Å². The van der Waals surface area contributed by atoms with Crippen LogP contribution in [-0.2, 0) is 4.79 Å². The van der Waals surface area contributed by atoms with Gasteiger partial charge in [0.1, 0.15) is 5.82 Å². The van der Waals surface area contributed by atoms with Gasteiger partial charge in [0.05, 0.1) is 6.07 Å². The number of halogens is 1. The van der Waals surface area contributed by atoms with Crippen molar-refractivity contribution in [3.63, 3.8) is 0 Å². The average molecular weight is 288 g/mol. The normalized spacial score (nSPS) is 17.3. The molecule has 0 radical (unpaired) electrons. The van der Waals surface area contributed by atoms with Crippen molar-refractivity contribution in [1.29, 1.82) is 5.26 Å². The minimum absolute atomic E-state index is 0.0909. The number of nitriles is 1. The lowest BCUT2D eigenvalue weighted by molar-refractivity contribution is -0.132. The number of hydrogen-bond donors (Lipinski definition) is 0. The summed E-state index contributed by atoms with van der Waals surface area (Å²) in [6.45, 7) is 3.40. The molecule has 112 valence electrons. The van der Waals surface area contributed by atoms with E-state index in [9.17, 15) is 9.18 Å². The van der Waals surface area contributed by atoms with Crippen LogP contribution in [0.15, 0.2) is 24.3 Å². The molecule has 0 aliphatic carbocycles. The molecule has 0 spiro atoms. The van der Waals surface area contributed by atoms with Gasteiger partial charge in [-0.15, -0.1) is 0 Å². The Morgan fingerprint density at radius 3 is 2.52 bits per heavy atom. The molecule has 0 bridgehead atoms. The van der Waals surface area contributed by atoms with Crippen molar-refractivity contribution in [1.82, 2.24) is 4.90 Å². The molecule has 4 heteroatoms. The maximum absolute atomic E-state index is 13.0. The van der Waals surface area contributed by atoms with E-state index in [4.69, 9.17) is 5.26 Å². The van der Waals surface area contributed by atoms with Gasteiger partial charge in [0.2, 0.25) is 5.91 Å². The number of carbonyl (C=O) groups is 1. The standard InChI is InChI=1S/C17H21FN2O/c1-2-14(15-3-5-16(18)6-4-15)11-17(21)20-9-7-13(12-19)8-10-20/h3-6,13-14H,2,7-11H2,1H3. The predicted octanol–water partition coefficient (Wildman–Crippen LogP) is 3.47. The summed E-state index contributed by atoms with van der Waals surface area (Å²) in [4.78, 5) is 14.2. The molecule has 0 N–H and O–H groups in total. The molecule has 1 aromatic rings. The van der Waals surface area contributed by atoms with E-state index in [1.165, 1.54) is 12.1 Å². The number of carbonyl (C=O) groups excluding carboxylic acids is 1. The Hall–Kier alpha value is -1.89. The van der Waals surface area contributed by atoms with Crippen molar-refractivity contribution in [3.05, 3.63) is 35.6 Å². The molecule has 3 nitrogen and oxygen atoms in total. The number of piperidine rings is 1. The van der Waals surface area contributed by atoms with E-state index in [1.54, 1.807) is 12.1 Å². The maximum atomic E-state index is 13.0. The van der Waals surface area contributed by atoms with E-state index >= 15 is 0 Å². The molecule has 2 rings (SSSR count). The Labute approximate surface area is 125 Å². The molecule has 1 aliphatic heterocycles. The third-order valence-electron chi connectivity index (χ3n) is 4.29. The second kappa shape index (κ2) is 7.21. The number of benzene rings is 1. The van der Waals surface area contributed by atoms with Crippen LogP contribution in [0.5, 0.6) is 0 Å². The summed E-state index contributed by atoms with van der Waals surface area (Å²) in [5.41, 5.74) is 1.01. The SMILES string of the molecule is CCC(CC(=O)N1CCC(C#N)CC1)c1ccc(F)cc1. The largest absolute Gasteiger partial charge is 0.343 e. The molecule has 0 saturated carbocycles. The Balaban J connectivity index is 1.94.